The summed E-state index contributed by atoms with van der Waals surface area (Å²) >= 11 is 0. The second-order valence-corrected chi connectivity index (χ2v) is 7.19. The third kappa shape index (κ3) is 3.30. The molecule has 0 N–H and O–H groups in total. The van der Waals surface area contributed by atoms with Gasteiger partial charge >= 0.3 is 0 Å². The lowest BCUT2D eigenvalue weighted by Gasteiger charge is -2.12. The maximum absolute atomic E-state index is 5.03. The van der Waals surface area contributed by atoms with Crippen molar-refractivity contribution in [1.29, 1.82) is 0 Å². The predicted octanol–water partition coefficient (Wildman–Crippen LogP) is 6.94. The smallest absolute Gasteiger partial charge is 0.161 e. The quantitative estimate of drug-likeness (QED) is 0.343. The van der Waals surface area contributed by atoms with Crippen LogP contribution in [-0.4, -0.2) is 9.97 Å². The van der Waals surface area contributed by atoms with Crippen molar-refractivity contribution >= 4 is 10.9 Å². The van der Waals surface area contributed by atoms with Gasteiger partial charge < -0.3 is 0 Å². The number of para-hydroxylation sites is 1. The Hall–Kier alpha value is -3.78. The highest BCUT2D eigenvalue weighted by Crippen LogP contribution is 2.34. The molecule has 0 radical (unpaired) electrons. The summed E-state index contributed by atoms with van der Waals surface area (Å²) in [7, 11) is 0. The van der Waals surface area contributed by atoms with Gasteiger partial charge in [0.15, 0.2) is 5.82 Å². The largest absolute Gasteiger partial charge is 0.228 e. The lowest BCUT2D eigenvalue weighted by molar-refractivity contribution is 1.23. The zero-order valence-corrected chi connectivity index (χ0v) is 16.2. The number of benzene rings is 4. The lowest BCUT2D eigenvalue weighted by atomic mass is 9.98. The van der Waals surface area contributed by atoms with Crippen molar-refractivity contribution < 1.29 is 0 Å². The molecule has 5 aromatic rings. The molecule has 2 heteroatoms. The van der Waals surface area contributed by atoms with E-state index < -0.39 is 0 Å². The predicted molar refractivity (Wildman–Crippen MR) is 121 cm³/mol. The molecule has 0 amide bonds. The molecule has 0 saturated heterocycles. The van der Waals surface area contributed by atoms with Gasteiger partial charge in [-0.2, -0.15) is 0 Å². The molecule has 0 unspecified atom stereocenters. The molecule has 0 aliphatic carbocycles. The van der Waals surface area contributed by atoms with Gasteiger partial charge in [0.2, 0.25) is 0 Å². The van der Waals surface area contributed by atoms with E-state index in [0.717, 1.165) is 39.1 Å². The highest BCUT2D eigenvalue weighted by Gasteiger charge is 2.14. The average Bonchev–Trinajstić information content (AvgIpc) is 2.79. The molecular formula is C27H20N2. The maximum atomic E-state index is 5.03. The summed E-state index contributed by atoms with van der Waals surface area (Å²) in [4.78, 5) is 9.96. The van der Waals surface area contributed by atoms with Crippen LogP contribution in [0.15, 0.2) is 103 Å². The van der Waals surface area contributed by atoms with Gasteiger partial charge in [-0.3, -0.25) is 0 Å². The first kappa shape index (κ1) is 17.3. The standard InChI is InChI=1S/C27H20N2/c1-19-15-17-20(18-16-19)22-11-5-6-12-23(22)27-28-25-14-8-7-13-24(25)26(29-27)21-9-3-2-4-10-21/h2-18H,1H3. The van der Waals surface area contributed by atoms with Crippen molar-refractivity contribution in [3.63, 3.8) is 0 Å². The van der Waals surface area contributed by atoms with Crippen molar-refractivity contribution in [1.82, 2.24) is 9.97 Å². The van der Waals surface area contributed by atoms with Crippen LogP contribution in [0, 0.1) is 6.92 Å². The minimum atomic E-state index is 0.749. The molecule has 1 heterocycles. The normalized spacial score (nSPS) is 10.9. The third-order valence-corrected chi connectivity index (χ3v) is 5.18. The molecule has 138 valence electrons. The lowest BCUT2D eigenvalue weighted by Crippen LogP contribution is -1.96. The number of rotatable bonds is 3. The van der Waals surface area contributed by atoms with Gasteiger partial charge in [-0.1, -0.05) is 103 Å². The first-order chi connectivity index (χ1) is 14.3. The van der Waals surface area contributed by atoms with Crippen molar-refractivity contribution in [2.75, 3.05) is 0 Å². The number of hydrogen-bond donors (Lipinski definition) is 0. The highest BCUT2D eigenvalue weighted by atomic mass is 14.9. The Morgan fingerprint density at radius 1 is 0.517 bits per heavy atom. The van der Waals surface area contributed by atoms with E-state index in [2.05, 4.69) is 73.7 Å². The van der Waals surface area contributed by atoms with Gasteiger partial charge in [0.1, 0.15) is 0 Å². The SMILES string of the molecule is Cc1ccc(-c2ccccc2-c2nc(-c3ccccc3)c3ccccc3n2)cc1. The van der Waals surface area contributed by atoms with E-state index in [0.29, 0.717) is 0 Å². The Kier molecular flexibility index (Phi) is 4.38. The van der Waals surface area contributed by atoms with Gasteiger partial charge in [-0.15, -0.1) is 0 Å². The zero-order chi connectivity index (χ0) is 19.6. The minimum absolute atomic E-state index is 0.749. The molecular weight excluding hydrogens is 352 g/mol. The van der Waals surface area contributed by atoms with E-state index in [9.17, 15) is 0 Å². The van der Waals surface area contributed by atoms with E-state index in [1.54, 1.807) is 0 Å². The average molecular weight is 372 g/mol. The fourth-order valence-corrected chi connectivity index (χ4v) is 3.68. The van der Waals surface area contributed by atoms with Crippen molar-refractivity contribution in [3.8, 4) is 33.8 Å². The second-order valence-electron chi connectivity index (χ2n) is 7.19. The number of aryl methyl sites for hydroxylation is 1. The zero-order valence-electron chi connectivity index (χ0n) is 16.2. The van der Waals surface area contributed by atoms with Gasteiger partial charge in [0, 0.05) is 16.5 Å². The monoisotopic (exact) mass is 372 g/mol. The second kappa shape index (κ2) is 7.33. The Bertz CT molecular complexity index is 1290. The molecule has 0 aliphatic rings. The highest BCUT2D eigenvalue weighted by molar-refractivity contribution is 5.94. The van der Waals surface area contributed by atoms with Crippen LogP contribution < -0.4 is 0 Å². The molecule has 0 aliphatic heterocycles. The first-order valence-electron chi connectivity index (χ1n) is 9.78. The Labute approximate surface area is 170 Å². The molecule has 0 fully saturated rings. The van der Waals surface area contributed by atoms with Crippen LogP contribution in [0.5, 0.6) is 0 Å². The molecule has 1 aromatic heterocycles. The maximum Gasteiger partial charge on any atom is 0.161 e. The Morgan fingerprint density at radius 2 is 1.17 bits per heavy atom. The summed E-state index contributed by atoms with van der Waals surface area (Å²) in [6.45, 7) is 2.11. The minimum Gasteiger partial charge on any atom is -0.228 e. The van der Waals surface area contributed by atoms with Crippen molar-refractivity contribution in [3.05, 3.63) is 109 Å². The van der Waals surface area contributed by atoms with Gasteiger partial charge in [-0.25, -0.2) is 9.97 Å². The summed E-state index contributed by atoms with van der Waals surface area (Å²) in [5.41, 5.74) is 7.62. The van der Waals surface area contributed by atoms with Crippen molar-refractivity contribution in [2.24, 2.45) is 0 Å². The van der Waals surface area contributed by atoms with Gasteiger partial charge in [0.05, 0.1) is 11.2 Å². The van der Waals surface area contributed by atoms with Crippen LogP contribution in [0.4, 0.5) is 0 Å². The van der Waals surface area contributed by atoms with E-state index >= 15 is 0 Å². The van der Waals surface area contributed by atoms with Crippen LogP contribution in [-0.2, 0) is 0 Å². The summed E-state index contributed by atoms with van der Waals surface area (Å²) in [6, 6.07) is 35.5. The van der Waals surface area contributed by atoms with Gasteiger partial charge in [-0.05, 0) is 24.1 Å². The summed E-state index contributed by atoms with van der Waals surface area (Å²) in [5, 5.41) is 1.07. The molecule has 0 spiro atoms. The summed E-state index contributed by atoms with van der Waals surface area (Å²) in [5.74, 6) is 0.749. The summed E-state index contributed by atoms with van der Waals surface area (Å²) < 4.78 is 0. The molecule has 5 rings (SSSR count). The molecule has 0 saturated carbocycles. The number of aromatic nitrogens is 2. The van der Waals surface area contributed by atoms with E-state index in [1.165, 1.54) is 11.1 Å². The van der Waals surface area contributed by atoms with Crippen LogP contribution in [0.2, 0.25) is 0 Å². The van der Waals surface area contributed by atoms with Crippen LogP contribution in [0.3, 0.4) is 0 Å². The number of nitrogens with zero attached hydrogens (tertiary/aromatic N) is 2. The Morgan fingerprint density at radius 3 is 1.97 bits per heavy atom. The fraction of sp³-hybridized carbons (Fsp3) is 0.0370. The van der Waals surface area contributed by atoms with Crippen molar-refractivity contribution in [2.45, 2.75) is 6.92 Å². The fourth-order valence-electron chi connectivity index (χ4n) is 3.68. The molecule has 29 heavy (non-hydrogen) atoms. The molecule has 4 aromatic carbocycles. The van der Waals surface area contributed by atoms with Crippen LogP contribution in [0.25, 0.3) is 44.7 Å². The van der Waals surface area contributed by atoms with Crippen LogP contribution in [0.1, 0.15) is 5.56 Å². The van der Waals surface area contributed by atoms with Crippen LogP contribution >= 0.6 is 0 Å². The Balaban J connectivity index is 1.76. The van der Waals surface area contributed by atoms with E-state index in [1.807, 2.05) is 36.4 Å². The van der Waals surface area contributed by atoms with E-state index in [4.69, 9.17) is 9.97 Å². The molecule has 2 nitrogen and oxygen atoms in total. The third-order valence-electron chi connectivity index (χ3n) is 5.18. The number of fused-ring (bicyclic) bond motifs is 1. The molecule has 0 bridgehead atoms. The van der Waals surface area contributed by atoms with Gasteiger partial charge in [0.25, 0.3) is 0 Å². The molecule has 0 atom stereocenters. The number of hydrogen-bond acceptors (Lipinski definition) is 2. The van der Waals surface area contributed by atoms with E-state index in [-0.39, 0.29) is 0 Å². The topological polar surface area (TPSA) is 25.8 Å². The summed E-state index contributed by atoms with van der Waals surface area (Å²) in [6.07, 6.45) is 0. The first-order valence-corrected chi connectivity index (χ1v) is 9.78.